The Hall–Kier alpha value is -3.02. The van der Waals surface area contributed by atoms with E-state index in [1.807, 2.05) is 12.1 Å². The molecular weight excluding hydrogens is 474 g/mol. The fourth-order valence-corrected chi connectivity index (χ4v) is 4.37. The summed E-state index contributed by atoms with van der Waals surface area (Å²) in [7, 11) is -3.55. The van der Waals surface area contributed by atoms with Gasteiger partial charge in [0.25, 0.3) is 0 Å². The number of ether oxygens (including phenoxy) is 2. The maximum absolute atomic E-state index is 11.8. The number of nitrogens with zero attached hydrogens (tertiary/aromatic N) is 1. The molecule has 10 nitrogen and oxygen atoms in total. The van der Waals surface area contributed by atoms with Crippen LogP contribution < -0.4 is 19.7 Å². The number of phenols is 1. The Morgan fingerprint density at radius 2 is 1.86 bits per heavy atom. The minimum atomic E-state index is -3.55. The van der Waals surface area contributed by atoms with Gasteiger partial charge in [0, 0.05) is 37.4 Å². The van der Waals surface area contributed by atoms with Crippen molar-refractivity contribution in [1.29, 1.82) is 0 Å². The molecule has 1 heterocycles. The summed E-state index contributed by atoms with van der Waals surface area (Å²) < 4.78 is 35.6. The summed E-state index contributed by atoms with van der Waals surface area (Å²) in [5, 5.41) is 23.4. The molecule has 4 N–H and O–H groups in total. The first-order chi connectivity index (χ1) is 16.6. The van der Waals surface area contributed by atoms with E-state index in [0.717, 1.165) is 37.9 Å². The van der Waals surface area contributed by atoms with Gasteiger partial charge < -0.3 is 29.9 Å². The number of carbonyl (C=O) groups excluding carboxylic acids is 1. The number of nitrogens with one attached hydrogen (secondary N) is 2. The minimum absolute atomic E-state index is 0.0138. The van der Waals surface area contributed by atoms with Gasteiger partial charge in [-0.25, -0.2) is 13.2 Å². The first kappa shape index (κ1) is 26.6. The molecule has 35 heavy (non-hydrogen) atoms. The predicted octanol–water partition coefficient (Wildman–Crippen LogP) is 1.94. The minimum Gasteiger partial charge on any atom is -0.506 e. The van der Waals surface area contributed by atoms with E-state index in [0.29, 0.717) is 24.5 Å². The summed E-state index contributed by atoms with van der Waals surface area (Å²) in [4.78, 5) is 14.1. The van der Waals surface area contributed by atoms with Gasteiger partial charge >= 0.3 is 5.97 Å². The number of hydrogen-bond donors (Lipinski definition) is 4. The van der Waals surface area contributed by atoms with E-state index >= 15 is 0 Å². The maximum Gasteiger partial charge on any atom is 0.338 e. The van der Waals surface area contributed by atoms with E-state index in [1.54, 1.807) is 19.1 Å². The van der Waals surface area contributed by atoms with E-state index in [1.165, 1.54) is 18.2 Å². The van der Waals surface area contributed by atoms with Crippen LogP contribution in [0.1, 0.15) is 30.1 Å². The lowest BCUT2D eigenvalue weighted by Crippen LogP contribution is -2.45. The normalized spacial score (nSPS) is 15.5. The molecular formula is C24H33N3O7S. The van der Waals surface area contributed by atoms with Gasteiger partial charge in [0.05, 0.1) is 24.1 Å². The van der Waals surface area contributed by atoms with Crippen LogP contribution in [0.5, 0.6) is 11.5 Å². The first-order valence-electron chi connectivity index (χ1n) is 11.5. The van der Waals surface area contributed by atoms with Crippen molar-refractivity contribution in [3.63, 3.8) is 0 Å². The van der Waals surface area contributed by atoms with Gasteiger partial charge in [-0.15, -0.1) is 0 Å². The predicted molar refractivity (Wildman–Crippen MR) is 134 cm³/mol. The number of rotatable bonds is 11. The van der Waals surface area contributed by atoms with E-state index in [-0.39, 0.29) is 30.1 Å². The third-order valence-electron chi connectivity index (χ3n) is 5.59. The second kappa shape index (κ2) is 12.1. The number of sulfonamides is 1. The Morgan fingerprint density at radius 3 is 2.49 bits per heavy atom. The largest absolute Gasteiger partial charge is 0.506 e. The van der Waals surface area contributed by atoms with Crippen molar-refractivity contribution in [3.05, 3.63) is 48.0 Å². The average molecular weight is 508 g/mol. The Balaban J connectivity index is 1.40. The van der Waals surface area contributed by atoms with Gasteiger partial charge in [0.1, 0.15) is 24.2 Å². The van der Waals surface area contributed by atoms with E-state index in [4.69, 9.17) is 9.47 Å². The van der Waals surface area contributed by atoms with Crippen LogP contribution in [0.2, 0.25) is 0 Å². The molecule has 1 saturated heterocycles. The maximum atomic E-state index is 11.8. The lowest BCUT2D eigenvalue weighted by Gasteiger charge is -2.34. The molecule has 3 rings (SSSR count). The molecule has 0 aliphatic carbocycles. The van der Waals surface area contributed by atoms with Crippen molar-refractivity contribution in [1.82, 2.24) is 5.32 Å². The number of aromatic hydroxyl groups is 1. The number of carbonyl (C=O) groups is 1. The number of anilines is 2. The molecule has 192 valence electrons. The molecule has 1 atom stereocenters. The van der Waals surface area contributed by atoms with Gasteiger partial charge in [-0.05, 0) is 56.2 Å². The molecule has 2 aromatic carbocycles. The average Bonchev–Trinajstić information content (AvgIpc) is 2.83. The van der Waals surface area contributed by atoms with Crippen LogP contribution in [0, 0.1) is 0 Å². The van der Waals surface area contributed by atoms with Crippen molar-refractivity contribution in [2.45, 2.75) is 31.9 Å². The van der Waals surface area contributed by atoms with Gasteiger partial charge in [0.2, 0.25) is 10.0 Å². The molecule has 0 aromatic heterocycles. The van der Waals surface area contributed by atoms with Crippen LogP contribution in [0.3, 0.4) is 0 Å². The number of piperidine rings is 1. The number of phenolic OH excluding ortho intramolecular Hbond substituents is 1. The standard InChI is InChI=1S/C24H33N3O7S/c1-3-33-24(30)17-4-6-19(7-5-17)27-12-10-18(11-13-27)25-15-20(28)16-34-21-8-9-23(29)22(14-21)26-35(2,31)32/h4-9,14,18,20,25-26,28-29H,3,10-13,15-16H2,1-2H3. The van der Waals surface area contributed by atoms with Gasteiger partial charge in [-0.1, -0.05) is 0 Å². The molecule has 0 bridgehead atoms. The molecule has 0 spiro atoms. The van der Waals surface area contributed by atoms with Crippen LogP contribution in [-0.4, -0.2) is 75.8 Å². The number of benzene rings is 2. The molecule has 1 fully saturated rings. The zero-order valence-corrected chi connectivity index (χ0v) is 20.8. The Labute approximate surface area is 205 Å². The molecule has 1 aliphatic rings. The summed E-state index contributed by atoms with van der Waals surface area (Å²) in [6.45, 7) is 4.21. The zero-order chi connectivity index (χ0) is 25.4. The van der Waals surface area contributed by atoms with Crippen molar-refractivity contribution >= 4 is 27.4 Å². The lowest BCUT2D eigenvalue weighted by atomic mass is 10.0. The smallest absolute Gasteiger partial charge is 0.338 e. The molecule has 0 radical (unpaired) electrons. The highest BCUT2D eigenvalue weighted by Crippen LogP contribution is 2.28. The van der Waals surface area contributed by atoms with E-state index < -0.39 is 16.1 Å². The number of hydrogen-bond acceptors (Lipinski definition) is 9. The lowest BCUT2D eigenvalue weighted by molar-refractivity contribution is 0.0526. The topological polar surface area (TPSA) is 137 Å². The Morgan fingerprint density at radius 1 is 1.17 bits per heavy atom. The van der Waals surface area contributed by atoms with Crippen LogP contribution in [0.25, 0.3) is 0 Å². The van der Waals surface area contributed by atoms with E-state index in [9.17, 15) is 23.4 Å². The second-order valence-corrected chi connectivity index (χ2v) is 10.2. The van der Waals surface area contributed by atoms with Gasteiger partial charge in [0.15, 0.2) is 0 Å². The molecule has 0 amide bonds. The first-order valence-corrected chi connectivity index (χ1v) is 13.4. The summed E-state index contributed by atoms with van der Waals surface area (Å²) in [6.07, 6.45) is 2.04. The number of aliphatic hydroxyl groups is 1. The third-order valence-corrected chi connectivity index (χ3v) is 6.18. The molecule has 0 saturated carbocycles. The van der Waals surface area contributed by atoms with Crippen LogP contribution in [0.4, 0.5) is 11.4 Å². The zero-order valence-electron chi connectivity index (χ0n) is 19.9. The highest BCUT2D eigenvalue weighted by atomic mass is 32.2. The van der Waals surface area contributed by atoms with Gasteiger partial charge in [-0.3, -0.25) is 4.72 Å². The van der Waals surface area contributed by atoms with Gasteiger partial charge in [-0.2, -0.15) is 0 Å². The van der Waals surface area contributed by atoms with Crippen LogP contribution in [0.15, 0.2) is 42.5 Å². The second-order valence-electron chi connectivity index (χ2n) is 8.45. The molecule has 2 aromatic rings. The quantitative estimate of drug-likeness (QED) is 0.266. The van der Waals surface area contributed by atoms with Crippen LogP contribution in [-0.2, 0) is 14.8 Å². The van der Waals surface area contributed by atoms with Crippen molar-refractivity contribution in [2.75, 3.05) is 48.7 Å². The molecule has 11 heteroatoms. The SMILES string of the molecule is CCOC(=O)c1ccc(N2CCC(NCC(O)COc3ccc(O)c(NS(C)(=O)=O)c3)CC2)cc1. The van der Waals surface area contributed by atoms with E-state index in [2.05, 4.69) is 14.9 Å². The van der Waals surface area contributed by atoms with Crippen LogP contribution >= 0.6 is 0 Å². The number of aliphatic hydroxyl groups excluding tert-OH is 1. The summed E-state index contributed by atoms with van der Waals surface area (Å²) >= 11 is 0. The monoisotopic (exact) mass is 507 g/mol. The van der Waals surface area contributed by atoms with Crippen molar-refractivity contribution < 1.29 is 32.9 Å². The number of esters is 1. The Kier molecular flexibility index (Phi) is 9.19. The summed E-state index contributed by atoms with van der Waals surface area (Å²) in [5.74, 6) is -0.206. The summed E-state index contributed by atoms with van der Waals surface area (Å²) in [5.41, 5.74) is 1.61. The van der Waals surface area contributed by atoms with Crippen molar-refractivity contribution in [2.24, 2.45) is 0 Å². The summed E-state index contributed by atoms with van der Waals surface area (Å²) in [6, 6.07) is 11.9. The third kappa shape index (κ3) is 8.30. The fourth-order valence-electron chi connectivity index (χ4n) is 3.81. The highest BCUT2D eigenvalue weighted by molar-refractivity contribution is 7.92. The fraction of sp³-hybridized carbons (Fsp3) is 0.458. The molecule has 1 unspecified atom stereocenters. The highest BCUT2D eigenvalue weighted by Gasteiger charge is 2.20. The Bertz CT molecular complexity index is 1080. The molecule has 1 aliphatic heterocycles. The van der Waals surface area contributed by atoms with Crippen molar-refractivity contribution in [3.8, 4) is 11.5 Å².